The van der Waals surface area contributed by atoms with Crippen LogP contribution in [0.15, 0.2) is 48.5 Å². The van der Waals surface area contributed by atoms with Crippen molar-refractivity contribution in [3.63, 3.8) is 0 Å². The molecule has 0 radical (unpaired) electrons. The monoisotopic (exact) mass is 547 g/mol. The maximum Gasteiger partial charge on any atom is 0.242 e. The molecule has 0 bridgehead atoms. The van der Waals surface area contributed by atoms with Gasteiger partial charge in [0, 0.05) is 26.1 Å². The second kappa shape index (κ2) is 14.6. The number of anilines is 1. The number of para-hydroxylation sites is 2. The summed E-state index contributed by atoms with van der Waals surface area (Å²) in [5.41, 5.74) is 1.25. The van der Waals surface area contributed by atoms with E-state index in [0.29, 0.717) is 30.3 Å². The Morgan fingerprint density at radius 1 is 1.05 bits per heavy atom. The molecular formula is C28H41N3O6S. The van der Waals surface area contributed by atoms with E-state index in [2.05, 4.69) is 5.32 Å². The third-order valence-electron chi connectivity index (χ3n) is 5.92. The van der Waals surface area contributed by atoms with Crippen LogP contribution in [0, 0.1) is 5.92 Å². The van der Waals surface area contributed by atoms with E-state index in [0.717, 1.165) is 11.8 Å². The van der Waals surface area contributed by atoms with Crippen LogP contribution in [0.25, 0.3) is 0 Å². The van der Waals surface area contributed by atoms with Crippen molar-refractivity contribution in [2.75, 3.05) is 37.4 Å². The van der Waals surface area contributed by atoms with Gasteiger partial charge in [0.2, 0.25) is 21.8 Å². The molecule has 1 atom stereocenters. The second-order valence-corrected chi connectivity index (χ2v) is 11.4. The topological polar surface area (TPSA) is 105 Å². The van der Waals surface area contributed by atoms with Crippen LogP contribution >= 0.6 is 0 Å². The summed E-state index contributed by atoms with van der Waals surface area (Å²) >= 11 is 0. The van der Waals surface area contributed by atoms with Gasteiger partial charge in [-0.1, -0.05) is 38.1 Å². The zero-order valence-electron chi connectivity index (χ0n) is 23.3. The summed E-state index contributed by atoms with van der Waals surface area (Å²) in [7, 11) is -2.06. The average molecular weight is 548 g/mol. The molecule has 0 saturated heterocycles. The third-order valence-corrected chi connectivity index (χ3v) is 7.10. The number of sulfonamides is 1. The van der Waals surface area contributed by atoms with E-state index in [1.54, 1.807) is 38.3 Å². The molecular weight excluding hydrogens is 506 g/mol. The highest BCUT2D eigenvalue weighted by Crippen LogP contribution is 2.30. The van der Waals surface area contributed by atoms with Crippen molar-refractivity contribution in [3.05, 3.63) is 54.1 Å². The molecule has 0 aliphatic carbocycles. The first-order chi connectivity index (χ1) is 18.0. The summed E-state index contributed by atoms with van der Waals surface area (Å²) in [6.45, 7) is 8.74. The summed E-state index contributed by atoms with van der Waals surface area (Å²) in [5, 5.41) is 2.90. The summed E-state index contributed by atoms with van der Waals surface area (Å²) in [4.78, 5) is 27.8. The standard InChI is InChI=1S/C28H41N3O6S/c1-7-37-26-15-9-8-14-25(26)31(38(6,34)35)17-11-16-27(32)30(22(4)28(33)29-19-21(2)3)20-23-12-10-13-24(18-23)36-5/h8-10,12-15,18,21-22H,7,11,16-17,19-20H2,1-6H3,(H,29,33)/t22-/m1/s1. The summed E-state index contributed by atoms with van der Waals surface area (Å²) in [6.07, 6.45) is 1.46. The fourth-order valence-corrected chi connectivity index (χ4v) is 4.89. The van der Waals surface area contributed by atoms with E-state index in [-0.39, 0.29) is 43.7 Å². The summed E-state index contributed by atoms with van der Waals surface area (Å²) in [6, 6.07) is 13.6. The van der Waals surface area contributed by atoms with Gasteiger partial charge in [0.15, 0.2) is 0 Å². The zero-order chi connectivity index (χ0) is 28.3. The normalized spacial score (nSPS) is 12.1. The number of hydrogen-bond acceptors (Lipinski definition) is 6. The third kappa shape index (κ3) is 9.24. The molecule has 0 aliphatic heterocycles. The first-order valence-corrected chi connectivity index (χ1v) is 14.7. The quantitative estimate of drug-likeness (QED) is 0.363. The number of methoxy groups -OCH3 is 1. The largest absolute Gasteiger partial charge is 0.497 e. The lowest BCUT2D eigenvalue weighted by Crippen LogP contribution is -2.48. The van der Waals surface area contributed by atoms with Crippen molar-refractivity contribution in [1.29, 1.82) is 0 Å². The van der Waals surface area contributed by atoms with Gasteiger partial charge in [0.1, 0.15) is 17.5 Å². The molecule has 2 aromatic carbocycles. The highest BCUT2D eigenvalue weighted by Gasteiger charge is 2.27. The molecule has 0 unspecified atom stereocenters. The Labute approximate surface area is 227 Å². The van der Waals surface area contributed by atoms with Crippen LogP contribution < -0.4 is 19.1 Å². The number of ether oxygens (including phenoxy) is 2. The maximum atomic E-state index is 13.4. The van der Waals surface area contributed by atoms with Crippen molar-refractivity contribution in [2.24, 2.45) is 5.92 Å². The predicted molar refractivity (Wildman–Crippen MR) is 150 cm³/mol. The van der Waals surface area contributed by atoms with Crippen LogP contribution in [-0.4, -0.2) is 64.2 Å². The van der Waals surface area contributed by atoms with Crippen molar-refractivity contribution in [1.82, 2.24) is 10.2 Å². The number of benzene rings is 2. The minimum Gasteiger partial charge on any atom is -0.497 e. The Balaban J connectivity index is 2.22. The van der Waals surface area contributed by atoms with Crippen LogP contribution in [-0.2, 0) is 26.2 Å². The van der Waals surface area contributed by atoms with Crippen LogP contribution in [0.1, 0.15) is 46.1 Å². The van der Waals surface area contributed by atoms with Crippen molar-refractivity contribution < 1.29 is 27.5 Å². The van der Waals surface area contributed by atoms with Crippen LogP contribution in [0.4, 0.5) is 5.69 Å². The number of carbonyl (C=O) groups is 2. The lowest BCUT2D eigenvalue weighted by molar-refractivity contribution is -0.140. The smallest absolute Gasteiger partial charge is 0.242 e. The Morgan fingerprint density at radius 3 is 2.39 bits per heavy atom. The lowest BCUT2D eigenvalue weighted by atomic mass is 10.1. The number of nitrogens with zero attached hydrogens (tertiary/aromatic N) is 2. The Kier molecular flexibility index (Phi) is 11.9. The van der Waals surface area contributed by atoms with Gasteiger partial charge < -0.3 is 19.7 Å². The molecule has 0 spiro atoms. The van der Waals surface area contributed by atoms with Gasteiger partial charge in [-0.15, -0.1) is 0 Å². The number of carbonyl (C=O) groups excluding carboxylic acids is 2. The van der Waals surface area contributed by atoms with Crippen LogP contribution in [0.2, 0.25) is 0 Å². The average Bonchev–Trinajstić information content (AvgIpc) is 2.88. The van der Waals surface area contributed by atoms with E-state index in [9.17, 15) is 18.0 Å². The maximum absolute atomic E-state index is 13.4. The van der Waals surface area contributed by atoms with Gasteiger partial charge in [0.05, 0.1) is 25.7 Å². The molecule has 0 heterocycles. The van der Waals surface area contributed by atoms with Crippen molar-refractivity contribution >= 4 is 27.5 Å². The van der Waals surface area contributed by atoms with E-state index in [4.69, 9.17) is 9.47 Å². The lowest BCUT2D eigenvalue weighted by Gasteiger charge is -2.30. The Hall–Kier alpha value is -3.27. The zero-order valence-corrected chi connectivity index (χ0v) is 24.1. The Morgan fingerprint density at radius 2 is 1.76 bits per heavy atom. The first kappa shape index (κ1) is 31.0. The van der Waals surface area contributed by atoms with Gasteiger partial charge in [-0.2, -0.15) is 0 Å². The fraction of sp³-hybridized carbons (Fsp3) is 0.500. The van der Waals surface area contributed by atoms with Gasteiger partial charge in [-0.05, 0) is 56.0 Å². The molecule has 2 aromatic rings. The molecule has 0 saturated carbocycles. The predicted octanol–water partition coefficient (Wildman–Crippen LogP) is 3.83. The van der Waals surface area contributed by atoms with E-state index in [1.807, 2.05) is 45.0 Å². The number of rotatable bonds is 15. The molecule has 9 nitrogen and oxygen atoms in total. The SMILES string of the molecule is CCOc1ccccc1N(CCCC(=O)N(Cc1cccc(OC)c1)[C@H](C)C(=O)NCC(C)C)S(C)(=O)=O. The first-order valence-electron chi connectivity index (χ1n) is 12.9. The fourth-order valence-electron chi connectivity index (χ4n) is 3.93. The molecule has 2 amide bonds. The van der Waals surface area contributed by atoms with Crippen molar-refractivity contribution in [2.45, 2.75) is 53.1 Å². The summed E-state index contributed by atoms with van der Waals surface area (Å²) < 4.78 is 37.5. The number of hydrogen-bond donors (Lipinski definition) is 1. The molecule has 1 N–H and O–H groups in total. The molecule has 0 aliphatic rings. The van der Waals surface area contributed by atoms with E-state index in [1.165, 1.54) is 9.21 Å². The number of nitrogens with one attached hydrogen (secondary N) is 1. The molecule has 38 heavy (non-hydrogen) atoms. The van der Waals surface area contributed by atoms with Gasteiger partial charge >= 0.3 is 0 Å². The Bertz CT molecular complexity index is 1170. The molecule has 0 fully saturated rings. The molecule has 10 heteroatoms. The number of amides is 2. The second-order valence-electron chi connectivity index (χ2n) is 9.53. The highest BCUT2D eigenvalue weighted by molar-refractivity contribution is 7.92. The molecule has 0 aromatic heterocycles. The van der Waals surface area contributed by atoms with E-state index < -0.39 is 16.1 Å². The summed E-state index contributed by atoms with van der Waals surface area (Å²) in [5.74, 6) is 0.908. The minimum absolute atomic E-state index is 0.0641. The van der Waals surface area contributed by atoms with Crippen molar-refractivity contribution in [3.8, 4) is 11.5 Å². The van der Waals surface area contributed by atoms with Gasteiger partial charge in [-0.3, -0.25) is 13.9 Å². The minimum atomic E-state index is -3.63. The molecule has 210 valence electrons. The van der Waals surface area contributed by atoms with Crippen LogP contribution in [0.5, 0.6) is 11.5 Å². The van der Waals surface area contributed by atoms with Gasteiger partial charge in [0.25, 0.3) is 0 Å². The van der Waals surface area contributed by atoms with Gasteiger partial charge in [-0.25, -0.2) is 8.42 Å². The van der Waals surface area contributed by atoms with Crippen LogP contribution in [0.3, 0.4) is 0 Å². The highest BCUT2D eigenvalue weighted by atomic mass is 32.2. The van der Waals surface area contributed by atoms with E-state index >= 15 is 0 Å². The molecule has 2 rings (SSSR count).